The van der Waals surface area contributed by atoms with Crippen LogP contribution in [0.15, 0.2) is 23.2 Å². The first-order valence-corrected chi connectivity index (χ1v) is 5.14. The van der Waals surface area contributed by atoms with Crippen molar-refractivity contribution in [2.24, 2.45) is 4.99 Å². The van der Waals surface area contributed by atoms with Gasteiger partial charge in [-0.15, -0.1) is 0 Å². The van der Waals surface area contributed by atoms with Crippen molar-refractivity contribution in [2.75, 3.05) is 0 Å². The van der Waals surface area contributed by atoms with Gasteiger partial charge >= 0.3 is 0 Å². The van der Waals surface area contributed by atoms with Crippen molar-refractivity contribution in [1.82, 2.24) is 0 Å². The summed E-state index contributed by atoms with van der Waals surface area (Å²) in [5.74, 6) is 0.0983. The second kappa shape index (κ2) is 3.69. The predicted molar refractivity (Wildman–Crippen MR) is 56.8 cm³/mol. The number of phenols is 1. The van der Waals surface area contributed by atoms with E-state index in [1.54, 1.807) is 18.2 Å². The van der Waals surface area contributed by atoms with Gasteiger partial charge in [-0.3, -0.25) is 0 Å². The molecule has 0 unspecified atom stereocenters. The Morgan fingerprint density at radius 1 is 1.47 bits per heavy atom. The minimum atomic E-state index is -0.559. The molecule has 78 valence electrons. The van der Waals surface area contributed by atoms with E-state index in [2.05, 4.69) is 4.99 Å². The third kappa shape index (κ3) is 1.65. The van der Waals surface area contributed by atoms with E-state index in [1.165, 1.54) is 6.07 Å². The van der Waals surface area contributed by atoms with Crippen LogP contribution in [0.5, 0.6) is 5.75 Å². The van der Waals surface area contributed by atoms with Gasteiger partial charge in [0.1, 0.15) is 11.3 Å². The van der Waals surface area contributed by atoms with Crippen molar-refractivity contribution in [3.05, 3.63) is 28.8 Å². The van der Waals surface area contributed by atoms with Crippen molar-refractivity contribution >= 4 is 17.7 Å². The van der Waals surface area contributed by atoms with Gasteiger partial charge in [0, 0.05) is 10.6 Å². The molecule has 0 bridgehead atoms. The molecule has 0 radical (unpaired) electrons. The number of benzene rings is 1. The zero-order chi connectivity index (χ0) is 10.9. The lowest BCUT2D eigenvalue weighted by Gasteiger charge is -2.37. The molecule has 0 atom stereocenters. The van der Waals surface area contributed by atoms with Crippen LogP contribution in [0.25, 0.3) is 0 Å². The molecule has 1 aliphatic rings. The second-order valence-electron chi connectivity index (χ2n) is 3.75. The Labute approximate surface area is 92.4 Å². The van der Waals surface area contributed by atoms with Crippen LogP contribution in [0.1, 0.15) is 24.8 Å². The maximum absolute atomic E-state index is 10.4. The van der Waals surface area contributed by atoms with Gasteiger partial charge in [0.2, 0.25) is 6.08 Å². The maximum atomic E-state index is 10.4. The lowest BCUT2D eigenvalue weighted by Crippen LogP contribution is -2.31. The number of isocyanates is 1. The van der Waals surface area contributed by atoms with Crippen molar-refractivity contribution in [1.29, 1.82) is 0 Å². The maximum Gasteiger partial charge on any atom is 0.235 e. The van der Waals surface area contributed by atoms with Gasteiger partial charge in [-0.2, -0.15) is 4.99 Å². The Hall–Kier alpha value is -1.31. The van der Waals surface area contributed by atoms with Gasteiger partial charge in [0.25, 0.3) is 0 Å². The smallest absolute Gasteiger partial charge is 0.235 e. The number of carbonyl (C=O) groups excluding carboxylic acids is 1. The monoisotopic (exact) mass is 223 g/mol. The number of phenolic OH excluding ortho intramolecular Hbond substituents is 1. The third-order valence-electron chi connectivity index (χ3n) is 2.90. The molecule has 0 spiro atoms. The average Bonchev–Trinajstić information content (AvgIpc) is 2.12. The van der Waals surface area contributed by atoms with Crippen LogP contribution in [0.2, 0.25) is 5.02 Å². The molecular formula is C11H10ClNO2. The van der Waals surface area contributed by atoms with Crippen molar-refractivity contribution < 1.29 is 9.90 Å². The fourth-order valence-corrected chi connectivity index (χ4v) is 2.11. The van der Waals surface area contributed by atoms with E-state index in [0.29, 0.717) is 10.6 Å². The van der Waals surface area contributed by atoms with E-state index in [-0.39, 0.29) is 5.75 Å². The molecule has 1 aromatic rings. The number of nitrogens with zero attached hydrogens (tertiary/aromatic N) is 1. The molecule has 4 heteroatoms. The third-order valence-corrected chi connectivity index (χ3v) is 3.14. The summed E-state index contributed by atoms with van der Waals surface area (Å²) in [6, 6.07) is 4.88. The molecule has 0 aromatic heterocycles. The van der Waals surface area contributed by atoms with Crippen molar-refractivity contribution in [3.8, 4) is 5.75 Å². The summed E-state index contributed by atoms with van der Waals surface area (Å²) >= 11 is 5.74. The summed E-state index contributed by atoms with van der Waals surface area (Å²) in [7, 11) is 0. The minimum Gasteiger partial charge on any atom is -0.508 e. The number of aliphatic imine (C=N–C) groups is 1. The lowest BCUT2D eigenvalue weighted by atomic mass is 9.72. The van der Waals surface area contributed by atoms with Crippen LogP contribution in [-0.4, -0.2) is 11.2 Å². The second-order valence-corrected chi connectivity index (χ2v) is 4.19. The number of aromatic hydroxyl groups is 1. The highest BCUT2D eigenvalue weighted by Crippen LogP contribution is 2.48. The Balaban J connectivity index is 2.47. The van der Waals surface area contributed by atoms with E-state index in [1.807, 2.05) is 0 Å². The van der Waals surface area contributed by atoms with Crippen molar-refractivity contribution in [3.63, 3.8) is 0 Å². The topological polar surface area (TPSA) is 49.7 Å². The molecule has 1 aromatic carbocycles. The van der Waals surface area contributed by atoms with Gasteiger partial charge in [-0.1, -0.05) is 17.7 Å². The molecular weight excluding hydrogens is 214 g/mol. The van der Waals surface area contributed by atoms with Crippen LogP contribution >= 0.6 is 11.6 Å². The molecule has 2 rings (SSSR count). The summed E-state index contributed by atoms with van der Waals surface area (Å²) in [5.41, 5.74) is 0.109. The van der Waals surface area contributed by atoms with Crippen LogP contribution in [0.4, 0.5) is 0 Å². The molecule has 3 nitrogen and oxygen atoms in total. The molecule has 0 saturated heterocycles. The quantitative estimate of drug-likeness (QED) is 0.619. The first kappa shape index (κ1) is 10.2. The van der Waals surface area contributed by atoms with Crippen LogP contribution in [0.3, 0.4) is 0 Å². The Morgan fingerprint density at radius 2 is 2.20 bits per heavy atom. The number of rotatable bonds is 2. The van der Waals surface area contributed by atoms with Gasteiger partial charge in [-0.25, -0.2) is 4.79 Å². The molecule has 1 fully saturated rings. The summed E-state index contributed by atoms with van der Waals surface area (Å²) in [6.45, 7) is 0. The molecule has 15 heavy (non-hydrogen) atoms. The largest absolute Gasteiger partial charge is 0.508 e. The Bertz CT molecular complexity index is 434. The highest BCUT2D eigenvalue weighted by molar-refractivity contribution is 6.30. The zero-order valence-corrected chi connectivity index (χ0v) is 8.79. The fraction of sp³-hybridized carbons (Fsp3) is 0.364. The highest BCUT2D eigenvalue weighted by atomic mass is 35.5. The number of hydrogen-bond acceptors (Lipinski definition) is 3. The van der Waals surface area contributed by atoms with E-state index in [4.69, 9.17) is 11.6 Å². The SMILES string of the molecule is O=C=NC1(c2ccc(Cl)cc2O)CCC1. The minimum absolute atomic E-state index is 0.0983. The zero-order valence-electron chi connectivity index (χ0n) is 8.03. The van der Waals surface area contributed by atoms with Crippen molar-refractivity contribution in [2.45, 2.75) is 24.8 Å². The summed E-state index contributed by atoms with van der Waals surface area (Å²) in [5, 5.41) is 10.2. The van der Waals surface area contributed by atoms with Gasteiger partial charge in [-0.05, 0) is 31.4 Å². The van der Waals surface area contributed by atoms with E-state index in [9.17, 15) is 9.90 Å². The average molecular weight is 224 g/mol. The van der Waals surface area contributed by atoms with E-state index >= 15 is 0 Å². The number of hydrogen-bond donors (Lipinski definition) is 1. The first-order chi connectivity index (χ1) is 7.18. The molecule has 1 N–H and O–H groups in total. The predicted octanol–water partition coefficient (Wildman–Crippen LogP) is 2.76. The summed E-state index contributed by atoms with van der Waals surface area (Å²) < 4.78 is 0. The van der Waals surface area contributed by atoms with E-state index < -0.39 is 5.54 Å². The van der Waals surface area contributed by atoms with Crippen LogP contribution in [-0.2, 0) is 10.3 Å². The molecule has 1 saturated carbocycles. The van der Waals surface area contributed by atoms with Crippen LogP contribution < -0.4 is 0 Å². The van der Waals surface area contributed by atoms with Gasteiger partial charge in [0.15, 0.2) is 0 Å². The Kier molecular flexibility index (Phi) is 2.51. The van der Waals surface area contributed by atoms with Gasteiger partial charge in [0.05, 0.1) is 0 Å². The molecule has 0 amide bonds. The molecule has 0 aliphatic heterocycles. The van der Waals surface area contributed by atoms with Crippen LogP contribution in [0, 0.1) is 0 Å². The Morgan fingerprint density at radius 3 is 2.67 bits per heavy atom. The lowest BCUT2D eigenvalue weighted by molar-refractivity contribution is 0.248. The fourth-order valence-electron chi connectivity index (χ4n) is 1.94. The first-order valence-electron chi connectivity index (χ1n) is 4.76. The van der Waals surface area contributed by atoms with E-state index in [0.717, 1.165) is 19.3 Å². The summed E-state index contributed by atoms with van der Waals surface area (Å²) in [6.07, 6.45) is 4.14. The standard InChI is InChI=1S/C11H10ClNO2/c12-8-2-3-9(10(15)6-8)11(13-7-14)4-1-5-11/h2-3,6,15H,1,4-5H2. The number of halogens is 1. The normalized spacial score (nSPS) is 17.7. The van der Waals surface area contributed by atoms with Gasteiger partial charge < -0.3 is 5.11 Å². The molecule has 0 heterocycles. The summed E-state index contributed by atoms with van der Waals surface area (Å²) in [4.78, 5) is 14.2. The molecule has 1 aliphatic carbocycles. The highest BCUT2D eigenvalue weighted by Gasteiger charge is 2.40.